The maximum atomic E-state index is 13.1. The van der Waals surface area contributed by atoms with Crippen molar-refractivity contribution in [1.29, 1.82) is 0 Å². The first-order valence-corrected chi connectivity index (χ1v) is 11.5. The Kier molecular flexibility index (Phi) is 7.23. The first-order valence-electron chi connectivity index (χ1n) is 10.1. The van der Waals surface area contributed by atoms with E-state index in [1.807, 2.05) is 53.1 Å². The maximum Gasteiger partial charge on any atom is 0.417 e. The van der Waals surface area contributed by atoms with E-state index < -0.39 is 17.6 Å². The molecule has 0 radical (unpaired) electrons. The van der Waals surface area contributed by atoms with Crippen molar-refractivity contribution in [2.24, 2.45) is 5.10 Å². The molecule has 0 aliphatic heterocycles. The van der Waals surface area contributed by atoms with Gasteiger partial charge in [0.25, 0.3) is 5.91 Å². The molecule has 0 aliphatic carbocycles. The molecule has 4 aromatic rings. The zero-order valence-electron chi connectivity index (χ0n) is 17.6. The Balaban J connectivity index is 1.46. The Morgan fingerprint density at radius 2 is 1.76 bits per heavy atom. The second-order valence-electron chi connectivity index (χ2n) is 7.23. The summed E-state index contributed by atoms with van der Waals surface area (Å²) in [5.41, 5.74) is 3.90. The highest BCUT2D eigenvalue weighted by molar-refractivity contribution is 7.99. The van der Waals surface area contributed by atoms with Crippen molar-refractivity contribution in [2.45, 2.75) is 17.9 Å². The number of hydrogen-bond acceptors (Lipinski definition) is 4. The number of para-hydroxylation sites is 2. The van der Waals surface area contributed by atoms with E-state index in [2.05, 4.69) is 15.5 Å². The van der Waals surface area contributed by atoms with Crippen LogP contribution in [0, 0.1) is 0 Å². The molecule has 0 aliphatic rings. The number of hydrogen-bond donors (Lipinski definition) is 1. The van der Waals surface area contributed by atoms with E-state index in [1.54, 1.807) is 0 Å². The molecule has 0 saturated heterocycles. The molecule has 4 rings (SSSR count). The molecule has 5 nitrogen and oxygen atoms in total. The quantitative estimate of drug-likeness (QED) is 0.191. The van der Waals surface area contributed by atoms with Crippen molar-refractivity contribution in [1.82, 2.24) is 15.0 Å². The first-order chi connectivity index (χ1) is 16.3. The lowest BCUT2D eigenvalue weighted by molar-refractivity contribution is -0.137. The lowest BCUT2D eigenvalue weighted by atomic mass is 10.1. The minimum atomic E-state index is -4.51. The highest BCUT2D eigenvalue weighted by atomic mass is 35.5. The number of thioether (sulfide) groups is 1. The molecule has 3 aromatic carbocycles. The van der Waals surface area contributed by atoms with E-state index in [4.69, 9.17) is 11.6 Å². The number of rotatable bonds is 7. The molecule has 0 saturated carbocycles. The van der Waals surface area contributed by atoms with Crippen LogP contribution in [0.3, 0.4) is 0 Å². The number of aromatic nitrogens is 2. The molecule has 10 heteroatoms. The minimum Gasteiger partial charge on any atom is -0.314 e. The van der Waals surface area contributed by atoms with Gasteiger partial charge in [-0.3, -0.25) is 4.79 Å². The Bertz CT molecular complexity index is 1350. The third kappa shape index (κ3) is 5.60. The van der Waals surface area contributed by atoms with Crippen molar-refractivity contribution in [3.8, 4) is 0 Å². The topological polar surface area (TPSA) is 59.3 Å². The van der Waals surface area contributed by atoms with Gasteiger partial charge in [0.2, 0.25) is 0 Å². The van der Waals surface area contributed by atoms with Crippen LogP contribution in [-0.2, 0) is 17.5 Å². The Morgan fingerprint density at radius 3 is 2.56 bits per heavy atom. The van der Waals surface area contributed by atoms with E-state index in [1.165, 1.54) is 30.0 Å². The predicted molar refractivity (Wildman–Crippen MR) is 128 cm³/mol. The van der Waals surface area contributed by atoms with Crippen LogP contribution in [0.15, 0.2) is 83.1 Å². The molecular formula is C24H18ClF3N4OS. The molecule has 1 aromatic heterocycles. The van der Waals surface area contributed by atoms with E-state index in [9.17, 15) is 18.0 Å². The zero-order chi connectivity index (χ0) is 24.1. The highest BCUT2D eigenvalue weighted by Gasteiger charge is 2.32. The Hall–Kier alpha value is -3.30. The van der Waals surface area contributed by atoms with Gasteiger partial charge < -0.3 is 4.57 Å². The molecule has 1 N–H and O–H groups in total. The van der Waals surface area contributed by atoms with Gasteiger partial charge in [-0.2, -0.15) is 18.3 Å². The number of hydrazone groups is 1. The number of imidazole rings is 1. The van der Waals surface area contributed by atoms with Crippen molar-refractivity contribution in [3.05, 3.63) is 94.5 Å². The summed E-state index contributed by atoms with van der Waals surface area (Å²) in [5, 5.41) is 4.93. The van der Waals surface area contributed by atoms with Gasteiger partial charge in [-0.25, -0.2) is 10.4 Å². The van der Waals surface area contributed by atoms with Crippen molar-refractivity contribution >= 4 is 46.5 Å². The summed E-state index contributed by atoms with van der Waals surface area (Å²) in [6, 6.07) is 20.1. The van der Waals surface area contributed by atoms with Gasteiger partial charge in [0.05, 0.1) is 35.1 Å². The number of nitrogens with zero attached hydrogens (tertiary/aromatic N) is 3. The van der Waals surface area contributed by atoms with E-state index >= 15 is 0 Å². The highest BCUT2D eigenvalue weighted by Crippen LogP contribution is 2.31. The van der Waals surface area contributed by atoms with E-state index in [0.29, 0.717) is 16.7 Å². The number of alkyl halides is 3. The first kappa shape index (κ1) is 23.8. The monoisotopic (exact) mass is 502 g/mol. The summed E-state index contributed by atoms with van der Waals surface area (Å²) in [6.07, 6.45) is -3.53. The van der Waals surface area contributed by atoms with Crippen LogP contribution in [0.4, 0.5) is 13.2 Å². The molecule has 0 spiro atoms. The molecule has 0 fully saturated rings. The van der Waals surface area contributed by atoms with Gasteiger partial charge in [-0.15, -0.1) is 0 Å². The number of benzene rings is 3. The Labute approximate surface area is 202 Å². The largest absolute Gasteiger partial charge is 0.417 e. The number of carbonyl (C=O) groups excluding carboxylic acids is 1. The van der Waals surface area contributed by atoms with Crippen LogP contribution in [0.1, 0.15) is 16.7 Å². The summed E-state index contributed by atoms with van der Waals surface area (Å²) in [7, 11) is 0. The zero-order valence-corrected chi connectivity index (χ0v) is 19.2. The standard InChI is InChI=1S/C24H18ClF3N4OS/c25-19-10-4-2-8-17(19)14-32-21-12-6-5-11-20(21)30-23(32)34-15-22(33)31-29-13-16-7-1-3-9-18(16)24(26,27)28/h1-13H,14-15H2,(H,31,33)/b29-13-. The normalized spacial score (nSPS) is 11.9. The van der Waals surface area contributed by atoms with Gasteiger partial charge in [-0.1, -0.05) is 71.9 Å². The lowest BCUT2D eigenvalue weighted by Gasteiger charge is -2.10. The third-order valence-electron chi connectivity index (χ3n) is 4.90. The summed E-state index contributed by atoms with van der Waals surface area (Å²) in [4.78, 5) is 16.9. The van der Waals surface area contributed by atoms with Crippen LogP contribution in [-0.4, -0.2) is 27.4 Å². The molecular weight excluding hydrogens is 485 g/mol. The number of fused-ring (bicyclic) bond motifs is 1. The third-order valence-corrected chi connectivity index (χ3v) is 6.24. The van der Waals surface area contributed by atoms with Crippen LogP contribution < -0.4 is 5.43 Å². The predicted octanol–water partition coefficient (Wildman–Crippen LogP) is 6.00. The van der Waals surface area contributed by atoms with Crippen molar-refractivity contribution in [3.63, 3.8) is 0 Å². The van der Waals surface area contributed by atoms with Crippen molar-refractivity contribution < 1.29 is 18.0 Å². The van der Waals surface area contributed by atoms with Crippen LogP contribution in [0.25, 0.3) is 11.0 Å². The van der Waals surface area contributed by atoms with Crippen molar-refractivity contribution in [2.75, 3.05) is 5.75 Å². The Morgan fingerprint density at radius 1 is 1.06 bits per heavy atom. The lowest BCUT2D eigenvalue weighted by Crippen LogP contribution is -2.20. The average Bonchev–Trinajstić information content (AvgIpc) is 3.16. The van der Waals surface area contributed by atoms with Crippen LogP contribution in [0.2, 0.25) is 5.02 Å². The molecule has 1 heterocycles. The minimum absolute atomic E-state index is 0.0237. The fourth-order valence-electron chi connectivity index (χ4n) is 3.32. The summed E-state index contributed by atoms with van der Waals surface area (Å²) >= 11 is 7.53. The SMILES string of the molecule is O=C(CSc1nc2ccccc2n1Cc1ccccc1Cl)N/N=C\c1ccccc1C(F)(F)F. The molecule has 0 unspecified atom stereocenters. The number of amides is 1. The van der Waals surface area contributed by atoms with Gasteiger partial charge in [0, 0.05) is 10.6 Å². The van der Waals surface area contributed by atoms with Gasteiger partial charge in [-0.05, 0) is 29.8 Å². The van der Waals surface area contributed by atoms with Gasteiger partial charge >= 0.3 is 6.18 Å². The van der Waals surface area contributed by atoms with E-state index in [0.717, 1.165) is 28.9 Å². The molecule has 0 bridgehead atoms. The summed E-state index contributed by atoms with van der Waals surface area (Å²) in [5.74, 6) is -0.494. The van der Waals surface area contributed by atoms with Gasteiger partial charge in [0.15, 0.2) is 5.16 Å². The number of carbonyl (C=O) groups is 1. The molecule has 34 heavy (non-hydrogen) atoms. The second-order valence-corrected chi connectivity index (χ2v) is 8.58. The summed E-state index contributed by atoms with van der Waals surface area (Å²) < 4.78 is 41.2. The fraction of sp³-hybridized carbons (Fsp3) is 0.125. The van der Waals surface area contributed by atoms with Gasteiger partial charge in [0.1, 0.15) is 0 Å². The smallest absolute Gasteiger partial charge is 0.314 e. The van der Waals surface area contributed by atoms with Crippen LogP contribution >= 0.6 is 23.4 Å². The molecule has 0 atom stereocenters. The molecule has 1 amide bonds. The summed E-state index contributed by atoms with van der Waals surface area (Å²) in [6.45, 7) is 0.469. The maximum absolute atomic E-state index is 13.1. The fourth-order valence-corrected chi connectivity index (χ4v) is 4.32. The second kappa shape index (κ2) is 10.3. The van der Waals surface area contributed by atoms with E-state index in [-0.39, 0.29) is 11.3 Å². The van der Waals surface area contributed by atoms with Crippen LogP contribution in [0.5, 0.6) is 0 Å². The average molecular weight is 503 g/mol. The number of nitrogens with one attached hydrogen (secondary N) is 1. The molecule has 174 valence electrons. The number of halogens is 4.